The highest BCUT2D eigenvalue weighted by atomic mass is 15.2. The summed E-state index contributed by atoms with van der Waals surface area (Å²) in [6.45, 7) is 6.90. The minimum Gasteiger partial charge on any atom is -0.369 e. The van der Waals surface area contributed by atoms with Crippen molar-refractivity contribution >= 4 is 11.9 Å². The van der Waals surface area contributed by atoms with Crippen molar-refractivity contribution in [3.63, 3.8) is 0 Å². The van der Waals surface area contributed by atoms with Gasteiger partial charge >= 0.3 is 0 Å². The molecular weight excluding hydrogens is 272 g/mol. The Hall–Kier alpha value is -1.39. The lowest BCUT2D eigenvalue weighted by molar-refractivity contribution is 0.257. The molecule has 0 atom stereocenters. The Bertz CT molecular complexity index is 480. The molecule has 2 aliphatic heterocycles. The van der Waals surface area contributed by atoms with E-state index in [9.17, 15) is 0 Å². The number of piperidine rings is 1. The van der Waals surface area contributed by atoms with E-state index >= 15 is 0 Å². The van der Waals surface area contributed by atoms with Crippen molar-refractivity contribution in [1.82, 2.24) is 9.80 Å². The predicted octanol–water partition coefficient (Wildman–Crippen LogP) is 1.95. The lowest BCUT2D eigenvalue weighted by Gasteiger charge is -2.34. The normalized spacial score (nSPS) is 22.5. The molecule has 1 aromatic rings. The molecule has 0 N–H and O–H groups in total. The predicted molar refractivity (Wildman–Crippen MR) is 94.3 cm³/mol. The molecule has 22 heavy (non-hydrogen) atoms. The molecule has 0 aromatic heterocycles. The minimum atomic E-state index is 0.508. The molecule has 0 aliphatic carbocycles. The van der Waals surface area contributed by atoms with Crippen molar-refractivity contribution in [2.24, 2.45) is 4.99 Å². The van der Waals surface area contributed by atoms with E-state index in [0.717, 1.165) is 26.2 Å². The third-order valence-corrected chi connectivity index (χ3v) is 4.88. The van der Waals surface area contributed by atoms with Crippen molar-refractivity contribution in [3.05, 3.63) is 29.8 Å². The van der Waals surface area contributed by atoms with Gasteiger partial charge in [-0.25, -0.2) is 0 Å². The van der Waals surface area contributed by atoms with Gasteiger partial charge in [0, 0.05) is 38.1 Å². The van der Waals surface area contributed by atoms with Crippen LogP contribution in [-0.2, 0) is 0 Å². The van der Waals surface area contributed by atoms with E-state index < -0.39 is 0 Å². The van der Waals surface area contributed by atoms with Crippen molar-refractivity contribution < 1.29 is 0 Å². The van der Waals surface area contributed by atoms with Crippen LogP contribution in [0.2, 0.25) is 0 Å². The Morgan fingerprint density at radius 1 is 0.864 bits per heavy atom. The van der Waals surface area contributed by atoms with E-state index in [1.807, 2.05) is 0 Å². The van der Waals surface area contributed by atoms with E-state index in [4.69, 9.17) is 4.99 Å². The van der Waals surface area contributed by atoms with Gasteiger partial charge in [-0.2, -0.15) is 0 Å². The van der Waals surface area contributed by atoms with Gasteiger partial charge in [-0.3, -0.25) is 4.99 Å². The summed E-state index contributed by atoms with van der Waals surface area (Å²) in [5.74, 6) is 0. The summed E-state index contributed by atoms with van der Waals surface area (Å²) in [5, 5.41) is 0. The topological polar surface area (TPSA) is 22.1 Å². The first-order chi connectivity index (χ1) is 10.7. The second kappa shape index (κ2) is 7.25. The molecule has 0 amide bonds. The van der Waals surface area contributed by atoms with Crippen LogP contribution >= 0.6 is 0 Å². The third kappa shape index (κ3) is 4.08. The molecule has 0 unspecified atom stereocenters. The van der Waals surface area contributed by atoms with Gasteiger partial charge in [-0.15, -0.1) is 0 Å². The zero-order valence-electron chi connectivity index (χ0n) is 13.9. The molecule has 2 fully saturated rings. The molecule has 2 aliphatic rings. The maximum atomic E-state index is 4.77. The molecule has 0 bridgehead atoms. The third-order valence-electron chi connectivity index (χ3n) is 4.88. The van der Waals surface area contributed by atoms with Crippen LogP contribution in [0.4, 0.5) is 5.69 Å². The van der Waals surface area contributed by atoms with Crippen LogP contribution in [0.25, 0.3) is 0 Å². The summed E-state index contributed by atoms with van der Waals surface area (Å²) >= 11 is 0. The summed E-state index contributed by atoms with van der Waals surface area (Å²) in [6.07, 6.45) is 4.43. The minimum absolute atomic E-state index is 0.508. The molecule has 0 spiro atoms. The van der Waals surface area contributed by atoms with Crippen LogP contribution < -0.4 is 4.90 Å². The molecular formula is C18H28N4. The molecule has 120 valence electrons. The maximum Gasteiger partial charge on any atom is 0.0524 e. The Morgan fingerprint density at radius 2 is 1.45 bits per heavy atom. The van der Waals surface area contributed by atoms with Gasteiger partial charge in [0.15, 0.2) is 0 Å². The van der Waals surface area contributed by atoms with Crippen molar-refractivity contribution in [3.8, 4) is 0 Å². The fourth-order valence-corrected chi connectivity index (χ4v) is 3.17. The number of aliphatic imine (C=N–C) groups is 1. The zero-order valence-corrected chi connectivity index (χ0v) is 13.9. The average Bonchev–Trinajstić information content (AvgIpc) is 2.56. The molecule has 0 radical (unpaired) electrons. The highest BCUT2D eigenvalue weighted by Gasteiger charge is 2.15. The van der Waals surface area contributed by atoms with Gasteiger partial charge in [0.2, 0.25) is 0 Å². The Morgan fingerprint density at radius 3 is 2.09 bits per heavy atom. The number of piperazine rings is 1. The molecule has 4 nitrogen and oxygen atoms in total. The Labute approximate surface area is 134 Å². The fraction of sp³-hybridized carbons (Fsp3) is 0.611. The number of hydrogen-bond acceptors (Lipinski definition) is 4. The van der Waals surface area contributed by atoms with Gasteiger partial charge < -0.3 is 14.7 Å². The van der Waals surface area contributed by atoms with Gasteiger partial charge in [0.25, 0.3) is 0 Å². The number of likely N-dealkylation sites (N-methyl/N-ethyl adjacent to an activating group) is 1. The van der Waals surface area contributed by atoms with Crippen LogP contribution in [-0.4, -0.2) is 75.4 Å². The van der Waals surface area contributed by atoms with Crippen LogP contribution in [0.15, 0.2) is 29.3 Å². The van der Waals surface area contributed by atoms with Gasteiger partial charge in [-0.05, 0) is 57.7 Å². The fourth-order valence-electron chi connectivity index (χ4n) is 3.17. The van der Waals surface area contributed by atoms with E-state index in [0.29, 0.717) is 6.04 Å². The number of nitrogens with zero attached hydrogens (tertiary/aromatic N) is 4. The molecule has 4 heteroatoms. The summed E-state index contributed by atoms with van der Waals surface area (Å²) < 4.78 is 0. The lowest BCUT2D eigenvalue weighted by atomic mass is 10.1. The van der Waals surface area contributed by atoms with Crippen LogP contribution in [0.3, 0.4) is 0 Å². The van der Waals surface area contributed by atoms with Gasteiger partial charge in [0.05, 0.1) is 6.04 Å². The highest BCUT2D eigenvalue weighted by molar-refractivity contribution is 5.80. The number of likely N-dealkylation sites (tertiary alicyclic amines) is 1. The smallest absolute Gasteiger partial charge is 0.0524 e. The lowest BCUT2D eigenvalue weighted by Crippen LogP contribution is -2.44. The quantitative estimate of drug-likeness (QED) is 0.797. The van der Waals surface area contributed by atoms with Gasteiger partial charge in [0.1, 0.15) is 0 Å². The number of anilines is 1. The Balaban J connectivity index is 1.55. The first-order valence-corrected chi connectivity index (χ1v) is 8.46. The first kappa shape index (κ1) is 15.5. The van der Waals surface area contributed by atoms with Crippen molar-refractivity contribution in [2.75, 3.05) is 58.3 Å². The van der Waals surface area contributed by atoms with Crippen molar-refractivity contribution in [1.29, 1.82) is 0 Å². The zero-order chi connectivity index (χ0) is 15.4. The largest absolute Gasteiger partial charge is 0.369 e. The van der Waals surface area contributed by atoms with Crippen LogP contribution in [0.1, 0.15) is 18.4 Å². The van der Waals surface area contributed by atoms with Gasteiger partial charge in [-0.1, -0.05) is 12.1 Å². The second-order valence-electron chi connectivity index (χ2n) is 6.69. The Kier molecular flexibility index (Phi) is 5.11. The van der Waals surface area contributed by atoms with Crippen molar-refractivity contribution in [2.45, 2.75) is 18.9 Å². The molecule has 0 saturated carbocycles. The summed E-state index contributed by atoms with van der Waals surface area (Å²) in [5.41, 5.74) is 2.56. The number of hydrogen-bond donors (Lipinski definition) is 0. The van der Waals surface area contributed by atoms with E-state index in [1.165, 1.54) is 37.2 Å². The number of benzene rings is 1. The maximum absolute atomic E-state index is 4.77. The van der Waals surface area contributed by atoms with E-state index in [-0.39, 0.29) is 0 Å². The highest BCUT2D eigenvalue weighted by Crippen LogP contribution is 2.17. The average molecular weight is 300 g/mol. The van der Waals surface area contributed by atoms with Crippen LogP contribution in [0.5, 0.6) is 0 Å². The van der Waals surface area contributed by atoms with E-state index in [1.54, 1.807) is 0 Å². The van der Waals surface area contributed by atoms with E-state index in [2.05, 4.69) is 59.3 Å². The number of rotatable bonds is 3. The molecule has 1 aromatic carbocycles. The first-order valence-electron chi connectivity index (χ1n) is 8.46. The SMILES string of the molecule is CN1CCC(N=Cc2ccc(N3CCN(C)CC3)cc2)CC1. The summed E-state index contributed by atoms with van der Waals surface area (Å²) in [4.78, 5) is 12.0. The molecule has 2 heterocycles. The molecule has 3 rings (SSSR count). The molecule has 2 saturated heterocycles. The summed E-state index contributed by atoms with van der Waals surface area (Å²) in [6, 6.07) is 9.38. The van der Waals surface area contributed by atoms with Crippen LogP contribution in [0, 0.1) is 0 Å². The standard InChI is InChI=1S/C18H28N4/c1-20-9-7-17(8-10-20)19-15-16-3-5-18(6-4-16)22-13-11-21(2)12-14-22/h3-6,15,17H,7-14H2,1-2H3. The summed E-state index contributed by atoms with van der Waals surface area (Å²) in [7, 11) is 4.39. The monoisotopic (exact) mass is 300 g/mol. The second-order valence-corrected chi connectivity index (χ2v) is 6.69.